The van der Waals surface area contributed by atoms with Crippen molar-refractivity contribution in [1.29, 1.82) is 0 Å². The fraction of sp³-hybridized carbons (Fsp3) is 0.353. The molecule has 2 aromatic heterocycles. The monoisotopic (exact) mass is 328 g/mol. The Hall–Kier alpha value is -2.83. The standard InChI is InChI=1S/C17H20N4O3/c22-16(18-9-4-11-20-12-5-10-19-20)8-3-13-21-14-6-1-2-7-15(14)24-17(21)23/h1-2,5-7,10,12H,3-4,8-9,11,13H2,(H,18,22). The van der Waals surface area contributed by atoms with E-state index in [0.29, 0.717) is 31.5 Å². The lowest BCUT2D eigenvalue weighted by molar-refractivity contribution is -0.121. The summed E-state index contributed by atoms with van der Waals surface area (Å²) in [7, 11) is 0. The predicted molar refractivity (Wildman–Crippen MR) is 89.6 cm³/mol. The topological polar surface area (TPSA) is 82.1 Å². The van der Waals surface area contributed by atoms with Crippen LogP contribution in [0.25, 0.3) is 11.1 Å². The van der Waals surface area contributed by atoms with Gasteiger partial charge in [-0.25, -0.2) is 4.79 Å². The summed E-state index contributed by atoms with van der Waals surface area (Å²) in [6.45, 7) is 1.87. The maximum atomic E-state index is 11.8. The first-order chi connectivity index (χ1) is 11.7. The molecule has 2 heterocycles. The van der Waals surface area contributed by atoms with Crippen molar-refractivity contribution in [3.05, 3.63) is 53.3 Å². The summed E-state index contributed by atoms with van der Waals surface area (Å²) in [5.41, 5.74) is 1.34. The minimum atomic E-state index is -0.379. The molecular formula is C17H20N4O3. The minimum absolute atomic E-state index is 0.00341. The van der Waals surface area contributed by atoms with Crippen molar-refractivity contribution >= 4 is 17.0 Å². The van der Waals surface area contributed by atoms with Gasteiger partial charge in [0.05, 0.1) is 5.52 Å². The van der Waals surface area contributed by atoms with Gasteiger partial charge in [-0.3, -0.25) is 14.0 Å². The first-order valence-electron chi connectivity index (χ1n) is 8.06. The summed E-state index contributed by atoms with van der Waals surface area (Å²) in [5.74, 6) is -0.382. The highest BCUT2D eigenvalue weighted by Gasteiger charge is 2.09. The number of fused-ring (bicyclic) bond motifs is 1. The van der Waals surface area contributed by atoms with Crippen LogP contribution in [0.2, 0.25) is 0 Å². The van der Waals surface area contributed by atoms with Crippen LogP contribution in [0.4, 0.5) is 0 Å². The second kappa shape index (κ2) is 7.63. The molecule has 0 aliphatic heterocycles. The number of hydrogen-bond acceptors (Lipinski definition) is 4. The number of nitrogens with zero attached hydrogens (tertiary/aromatic N) is 3. The maximum absolute atomic E-state index is 11.8. The molecule has 0 radical (unpaired) electrons. The highest BCUT2D eigenvalue weighted by molar-refractivity contribution is 5.76. The SMILES string of the molecule is O=C(CCCn1c(=O)oc2ccccc21)NCCCn1cccn1. The third-order valence-corrected chi connectivity index (χ3v) is 3.80. The minimum Gasteiger partial charge on any atom is -0.408 e. The predicted octanol–water partition coefficient (Wildman–Crippen LogP) is 1.78. The summed E-state index contributed by atoms with van der Waals surface area (Å²) in [6, 6.07) is 9.17. The van der Waals surface area contributed by atoms with E-state index in [-0.39, 0.29) is 11.7 Å². The molecule has 0 aliphatic rings. The number of carbonyl (C=O) groups excluding carboxylic acids is 1. The van der Waals surface area contributed by atoms with Crippen molar-refractivity contribution in [2.45, 2.75) is 32.4 Å². The molecule has 126 valence electrons. The van der Waals surface area contributed by atoms with Crippen LogP contribution in [0.5, 0.6) is 0 Å². The first kappa shape index (κ1) is 16.0. The number of rotatable bonds is 8. The van der Waals surface area contributed by atoms with Gasteiger partial charge in [-0.2, -0.15) is 5.10 Å². The third kappa shape index (κ3) is 3.92. The van der Waals surface area contributed by atoms with Crippen molar-refractivity contribution in [2.75, 3.05) is 6.54 Å². The molecular weight excluding hydrogens is 308 g/mol. The Kier molecular flexibility index (Phi) is 5.10. The van der Waals surface area contributed by atoms with Gasteiger partial charge in [-0.05, 0) is 31.0 Å². The van der Waals surface area contributed by atoms with Gasteiger partial charge >= 0.3 is 5.76 Å². The molecule has 0 saturated heterocycles. The summed E-state index contributed by atoms with van der Waals surface area (Å²) in [4.78, 5) is 23.7. The van der Waals surface area contributed by atoms with Crippen molar-refractivity contribution < 1.29 is 9.21 Å². The zero-order chi connectivity index (χ0) is 16.8. The van der Waals surface area contributed by atoms with Crippen LogP contribution in [-0.4, -0.2) is 26.8 Å². The smallest absolute Gasteiger partial charge is 0.408 e. The molecule has 1 aromatic carbocycles. The van der Waals surface area contributed by atoms with E-state index in [1.807, 2.05) is 35.1 Å². The summed E-state index contributed by atoms with van der Waals surface area (Å²) in [6.07, 6.45) is 5.44. The van der Waals surface area contributed by atoms with Crippen molar-refractivity contribution in [1.82, 2.24) is 19.7 Å². The van der Waals surface area contributed by atoms with E-state index in [9.17, 15) is 9.59 Å². The number of aryl methyl sites for hydroxylation is 2. The van der Waals surface area contributed by atoms with E-state index in [1.165, 1.54) is 0 Å². The lowest BCUT2D eigenvalue weighted by Gasteiger charge is -2.06. The Balaban J connectivity index is 1.40. The quantitative estimate of drug-likeness (QED) is 0.639. The molecule has 7 nitrogen and oxygen atoms in total. The number of nitrogens with one attached hydrogen (secondary N) is 1. The molecule has 0 bridgehead atoms. The Bertz CT molecular complexity index is 848. The van der Waals surface area contributed by atoms with E-state index < -0.39 is 0 Å². The fourth-order valence-electron chi connectivity index (χ4n) is 2.61. The van der Waals surface area contributed by atoms with Crippen molar-refractivity contribution in [2.24, 2.45) is 0 Å². The van der Waals surface area contributed by atoms with Gasteiger partial charge in [0.1, 0.15) is 0 Å². The van der Waals surface area contributed by atoms with Gasteiger partial charge in [0, 0.05) is 38.4 Å². The average Bonchev–Trinajstić information content (AvgIpc) is 3.20. The molecule has 0 saturated carbocycles. The fourth-order valence-corrected chi connectivity index (χ4v) is 2.61. The first-order valence-corrected chi connectivity index (χ1v) is 8.06. The Labute approximate surface area is 138 Å². The van der Waals surface area contributed by atoms with Crippen LogP contribution >= 0.6 is 0 Å². The Morgan fingerprint density at radius 3 is 2.88 bits per heavy atom. The third-order valence-electron chi connectivity index (χ3n) is 3.80. The van der Waals surface area contributed by atoms with Crippen LogP contribution < -0.4 is 11.1 Å². The molecule has 0 fully saturated rings. The number of hydrogen-bond donors (Lipinski definition) is 1. The van der Waals surface area contributed by atoms with Gasteiger partial charge in [0.2, 0.25) is 5.91 Å². The van der Waals surface area contributed by atoms with Crippen LogP contribution in [0.3, 0.4) is 0 Å². The van der Waals surface area contributed by atoms with Crippen molar-refractivity contribution in [3.8, 4) is 0 Å². The van der Waals surface area contributed by atoms with E-state index in [0.717, 1.165) is 18.5 Å². The molecule has 0 atom stereocenters. The largest absolute Gasteiger partial charge is 0.419 e. The number of carbonyl (C=O) groups is 1. The molecule has 24 heavy (non-hydrogen) atoms. The molecule has 0 aliphatic carbocycles. The zero-order valence-electron chi connectivity index (χ0n) is 13.4. The van der Waals surface area contributed by atoms with Gasteiger partial charge < -0.3 is 9.73 Å². The Morgan fingerprint density at radius 1 is 1.17 bits per heavy atom. The van der Waals surface area contributed by atoms with Gasteiger partial charge in [0.25, 0.3) is 0 Å². The number of oxazole rings is 1. The lowest BCUT2D eigenvalue weighted by atomic mass is 10.2. The molecule has 0 spiro atoms. The molecule has 3 aromatic rings. The van der Waals surface area contributed by atoms with Gasteiger partial charge in [0.15, 0.2) is 5.58 Å². The van der Waals surface area contributed by atoms with Crippen LogP contribution in [-0.2, 0) is 17.9 Å². The molecule has 7 heteroatoms. The summed E-state index contributed by atoms with van der Waals surface area (Å²) in [5, 5.41) is 6.99. The highest BCUT2D eigenvalue weighted by Crippen LogP contribution is 2.12. The Morgan fingerprint density at radius 2 is 2.04 bits per heavy atom. The van der Waals surface area contributed by atoms with Crippen LogP contribution in [0.15, 0.2) is 51.9 Å². The van der Waals surface area contributed by atoms with Gasteiger partial charge in [-0.1, -0.05) is 12.1 Å². The molecule has 3 rings (SSSR count). The molecule has 1 N–H and O–H groups in total. The maximum Gasteiger partial charge on any atom is 0.419 e. The number of benzene rings is 1. The van der Waals surface area contributed by atoms with Gasteiger partial charge in [-0.15, -0.1) is 0 Å². The number of para-hydroxylation sites is 2. The van der Waals surface area contributed by atoms with Crippen molar-refractivity contribution in [3.63, 3.8) is 0 Å². The zero-order valence-corrected chi connectivity index (χ0v) is 13.4. The second-order valence-corrected chi connectivity index (χ2v) is 5.56. The lowest BCUT2D eigenvalue weighted by Crippen LogP contribution is -2.25. The number of amides is 1. The molecule has 1 amide bonds. The summed E-state index contributed by atoms with van der Waals surface area (Å²) >= 11 is 0. The van der Waals surface area contributed by atoms with E-state index in [1.54, 1.807) is 16.8 Å². The van der Waals surface area contributed by atoms with E-state index >= 15 is 0 Å². The van der Waals surface area contributed by atoms with Crippen LogP contribution in [0, 0.1) is 0 Å². The van der Waals surface area contributed by atoms with Crippen LogP contribution in [0.1, 0.15) is 19.3 Å². The van der Waals surface area contributed by atoms with E-state index in [2.05, 4.69) is 10.4 Å². The average molecular weight is 328 g/mol. The summed E-state index contributed by atoms with van der Waals surface area (Å²) < 4.78 is 8.58. The normalized spacial score (nSPS) is 11.0. The number of aromatic nitrogens is 3. The second-order valence-electron chi connectivity index (χ2n) is 5.56. The van der Waals surface area contributed by atoms with E-state index in [4.69, 9.17) is 4.42 Å². The highest BCUT2D eigenvalue weighted by atomic mass is 16.4. The molecule has 0 unspecified atom stereocenters.